The molecule has 0 aromatic carbocycles. The molecule has 1 atom stereocenters. The Morgan fingerprint density at radius 2 is 2.12 bits per heavy atom. The van der Waals surface area contributed by atoms with E-state index in [0.29, 0.717) is 6.04 Å². The first-order valence-corrected chi connectivity index (χ1v) is 6.82. The van der Waals surface area contributed by atoms with Crippen molar-refractivity contribution in [3.8, 4) is 0 Å². The minimum absolute atomic E-state index is 0.508. The zero-order valence-electron chi connectivity index (χ0n) is 10.8. The van der Waals surface area contributed by atoms with Gasteiger partial charge < -0.3 is 10.6 Å². The summed E-state index contributed by atoms with van der Waals surface area (Å²) in [5.41, 5.74) is 1.17. The molecule has 1 unspecified atom stereocenters. The zero-order valence-corrected chi connectivity index (χ0v) is 11.6. The highest BCUT2D eigenvalue weighted by Gasteiger charge is 2.06. The highest BCUT2D eigenvalue weighted by Crippen LogP contribution is 2.16. The van der Waals surface area contributed by atoms with Crippen LogP contribution in [-0.2, 0) is 6.54 Å². The molecule has 2 N–H and O–H groups in total. The standard InChI is InChI=1S/C12H23N3S/c1-5-6-13-7-9(2)14-8-12-10(3)15-11(4)16-12/h9,13-14H,5-8H2,1-4H3. The topological polar surface area (TPSA) is 37.0 Å². The lowest BCUT2D eigenvalue weighted by Gasteiger charge is -2.13. The van der Waals surface area contributed by atoms with Crippen molar-refractivity contribution in [1.82, 2.24) is 15.6 Å². The average Bonchev–Trinajstić information content (AvgIpc) is 2.55. The van der Waals surface area contributed by atoms with Gasteiger partial charge in [-0.05, 0) is 33.7 Å². The molecule has 1 aromatic rings. The predicted octanol–water partition coefficient (Wildman–Crippen LogP) is 2.24. The monoisotopic (exact) mass is 241 g/mol. The first-order chi connectivity index (χ1) is 7.63. The number of nitrogens with one attached hydrogen (secondary N) is 2. The maximum Gasteiger partial charge on any atom is 0.0900 e. The van der Waals surface area contributed by atoms with Gasteiger partial charge in [-0.25, -0.2) is 4.98 Å². The summed E-state index contributed by atoms with van der Waals surface area (Å²) in [6.07, 6.45) is 1.19. The molecule has 1 heterocycles. The highest BCUT2D eigenvalue weighted by molar-refractivity contribution is 7.11. The Morgan fingerprint density at radius 1 is 1.38 bits per heavy atom. The molecule has 0 fully saturated rings. The summed E-state index contributed by atoms with van der Waals surface area (Å²) in [4.78, 5) is 5.79. The summed E-state index contributed by atoms with van der Waals surface area (Å²) in [6.45, 7) is 11.6. The van der Waals surface area contributed by atoms with Crippen LogP contribution in [0.1, 0.15) is 35.8 Å². The third-order valence-electron chi connectivity index (χ3n) is 2.49. The predicted molar refractivity (Wildman–Crippen MR) is 71.1 cm³/mol. The van der Waals surface area contributed by atoms with Gasteiger partial charge in [0.1, 0.15) is 0 Å². The fraction of sp³-hybridized carbons (Fsp3) is 0.750. The third kappa shape index (κ3) is 4.60. The van der Waals surface area contributed by atoms with E-state index in [4.69, 9.17) is 0 Å². The van der Waals surface area contributed by atoms with E-state index in [0.717, 1.165) is 24.6 Å². The minimum atomic E-state index is 0.508. The van der Waals surface area contributed by atoms with E-state index in [1.54, 1.807) is 11.3 Å². The molecule has 0 spiro atoms. The van der Waals surface area contributed by atoms with E-state index >= 15 is 0 Å². The van der Waals surface area contributed by atoms with Crippen molar-refractivity contribution in [2.75, 3.05) is 13.1 Å². The van der Waals surface area contributed by atoms with E-state index < -0.39 is 0 Å². The Bertz CT molecular complexity index is 309. The summed E-state index contributed by atoms with van der Waals surface area (Å²) >= 11 is 1.79. The largest absolute Gasteiger partial charge is 0.315 e. The minimum Gasteiger partial charge on any atom is -0.315 e. The van der Waals surface area contributed by atoms with Gasteiger partial charge in [-0.2, -0.15) is 0 Å². The molecule has 3 nitrogen and oxygen atoms in total. The zero-order chi connectivity index (χ0) is 12.0. The van der Waals surface area contributed by atoms with Crippen molar-refractivity contribution in [2.24, 2.45) is 0 Å². The van der Waals surface area contributed by atoms with E-state index in [1.165, 1.54) is 17.0 Å². The Labute approximate surface area is 103 Å². The van der Waals surface area contributed by atoms with Gasteiger partial charge in [0, 0.05) is 24.0 Å². The average molecular weight is 241 g/mol. The second-order valence-electron chi connectivity index (χ2n) is 4.23. The van der Waals surface area contributed by atoms with Crippen LogP contribution < -0.4 is 10.6 Å². The Kier molecular flexibility index (Phi) is 5.95. The lowest BCUT2D eigenvalue weighted by molar-refractivity contribution is 0.502. The molecule has 0 aliphatic heterocycles. The molecule has 0 aliphatic rings. The summed E-state index contributed by atoms with van der Waals surface area (Å²) in [5.74, 6) is 0. The quantitative estimate of drug-likeness (QED) is 0.719. The number of aryl methyl sites for hydroxylation is 2. The fourth-order valence-electron chi connectivity index (χ4n) is 1.57. The van der Waals surface area contributed by atoms with Crippen LogP contribution >= 0.6 is 11.3 Å². The number of hydrogen-bond donors (Lipinski definition) is 2. The van der Waals surface area contributed by atoms with Crippen molar-refractivity contribution in [1.29, 1.82) is 0 Å². The Balaban J connectivity index is 2.26. The van der Waals surface area contributed by atoms with Crippen molar-refractivity contribution >= 4 is 11.3 Å². The van der Waals surface area contributed by atoms with Crippen molar-refractivity contribution in [3.05, 3.63) is 15.6 Å². The number of hydrogen-bond acceptors (Lipinski definition) is 4. The van der Waals surface area contributed by atoms with Gasteiger partial charge in [-0.3, -0.25) is 0 Å². The summed E-state index contributed by atoms with van der Waals surface area (Å²) in [6, 6.07) is 0.508. The lowest BCUT2D eigenvalue weighted by atomic mass is 10.3. The van der Waals surface area contributed by atoms with Crippen LogP contribution in [0.4, 0.5) is 0 Å². The van der Waals surface area contributed by atoms with E-state index in [2.05, 4.69) is 43.3 Å². The normalized spacial score (nSPS) is 13.0. The molecule has 92 valence electrons. The third-order valence-corrected chi connectivity index (χ3v) is 3.56. The Hall–Kier alpha value is -0.450. The summed E-state index contributed by atoms with van der Waals surface area (Å²) < 4.78 is 0. The molecule has 0 saturated carbocycles. The van der Waals surface area contributed by atoms with Gasteiger partial charge in [0.15, 0.2) is 0 Å². The van der Waals surface area contributed by atoms with Crippen LogP contribution in [0.5, 0.6) is 0 Å². The van der Waals surface area contributed by atoms with E-state index in [-0.39, 0.29) is 0 Å². The fourth-order valence-corrected chi connectivity index (χ4v) is 2.46. The molecular weight excluding hydrogens is 218 g/mol. The lowest BCUT2D eigenvalue weighted by Crippen LogP contribution is -2.36. The molecule has 0 saturated heterocycles. The van der Waals surface area contributed by atoms with E-state index in [9.17, 15) is 0 Å². The number of aromatic nitrogens is 1. The van der Waals surface area contributed by atoms with Gasteiger partial charge in [0.25, 0.3) is 0 Å². The molecule has 0 radical (unpaired) electrons. The maximum absolute atomic E-state index is 4.43. The summed E-state index contributed by atoms with van der Waals surface area (Å²) in [7, 11) is 0. The molecule has 0 amide bonds. The van der Waals surface area contributed by atoms with Crippen LogP contribution in [0.2, 0.25) is 0 Å². The number of rotatable bonds is 7. The van der Waals surface area contributed by atoms with Gasteiger partial charge in [0.05, 0.1) is 10.7 Å². The molecule has 0 aliphatic carbocycles. The van der Waals surface area contributed by atoms with Gasteiger partial charge in [0.2, 0.25) is 0 Å². The maximum atomic E-state index is 4.43. The Morgan fingerprint density at radius 3 is 2.69 bits per heavy atom. The number of thiazole rings is 1. The van der Waals surface area contributed by atoms with E-state index in [1.807, 2.05) is 0 Å². The summed E-state index contributed by atoms with van der Waals surface area (Å²) in [5, 5.41) is 8.09. The molecule has 1 aromatic heterocycles. The smallest absolute Gasteiger partial charge is 0.0900 e. The highest BCUT2D eigenvalue weighted by atomic mass is 32.1. The molecular formula is C12H23N3S. The van der Waals surface area contributed by atoms with Gasteiger partial charge in [-0.15, -0.1) is 11.3 Å². The van der Waals surface area contributed by atoms with Crippen molar-refractivity contribution in [3.63, 3.8) is 0 Å². The van der Waals surface area contributed by atoms with Crippen LogP contribution in [0.15, 0.2) is 0 Å². The van der Waals surface area contributed by atoms with Gasteiger partial charge in [-0.1, -0.05) is 6.92 Å². The van der Waals surface area contributed by atoms with Crippen LogP contribution in [-0.4, -0.2) is 24.1 Å². The van der Waals surface area contributed by atoms with Crippen molar-refractivity contribution < 1.29 is 0 Å². The number of nitrogens with zero attached hydrogens (tertiary/aromatic N) is 1. The van der Waals surface area contributed by atoms with Crippen LogP contribution in [0.3, 0.4) is 0 Å². The van der Waals surface area contributed by atoms with Gasteiger partial charge >= 0.3 is 0 Å². The second kappa shape index (κ2) is 6.99. The molecule has 4 heteroatoms. The second-order valence-corrected chi connectivity index (χ2v) is 5.52. The first-order valence-electron chi connectivity index (χ1n) is 6.00. The van der Waals surface area contributed by atoms with Crippen LogP contribution in [0.25, 0.3) is 0 Å². The van der Waals surface area contributed by atoms with Crippen molar-refractivity contribution in [2.45, 2.75) is 46.7 Å². The molecule has 16 heavy (non-hydrogen) atoms. The molecule has 1 rings (SSSR count). The first kappa shape index (κ1) is 13.6. The SMILES string of the molecule is CCCNCC(C)NCc1sc(C)nc1C. The van der Waals surface area contributed by atoms with Crippen LogP contribution in [0, 0.1) is 13.8 Å². The molecule has 0 bridgehead atoms.